The summed E-state index contributed by atoms with van der Waals surface area (Å²) in [5, 5.41) is 59.8. The van der Waals surface area contributed by atoms with Crippen LogP contribution in [-0.2, 0) is 28.4 Å². The van der Waals surface area contributed by atoms with E-state index in [0.29, 0.717) is 0 Å². The minimum absolute atomic E-state index is 0.00199. The first kappa shape index (κ1) is 25.7. The summed E-state index contributed by atoms with van der Waals surface area (Å²) < 4.78 is 34.3. The lowest BCUT2D eigenvalue weighted by molar-refractivity contribution is -0.379. The van der Waals surface area contributed by atoms with Gasteiger partial charge >= 0.3 is 5.97 Å². The van der Waals surface area contributed by atoms with Crippen LogP contribution in [0.15, 0.2) is 24.3 Å². The SMILES string of the molecule is CO[C@@H]1C[C@H]2[C@H](OC(=O)c3ccc(O)cc3)[C@@H]3O[C@]3(CO)[C@H]2[C@H](O[C@@H]2O[C@H](CO)[C@@H](O)[C@H](O)[C@H]2O)O1. The fourth-order valence-corrected chi connectivity index (χ4v) is 5.58. The molecule has 1 aliphatic carbocycles. The lowest BCUT2D eigenvalue weighted by Crippen LogP contribution is -2.61. The number of methoxy groups -OCH3 is 1. The van der Waals surface area contributed by atoms with Gasteiger partial charge in [-0.2, -0.15) is 0 Å². The van der Waals surface area contributed by atoms with Gasteiger partial charge in [-0.15, -0.1) is 0 Å². The number of benzene rings is 1. The van der Waals surface area contributed by atoms with Crippen LogP contribution in [-0.4, -0.2) is 118 Å². The predicted molar refractivity (Wildman–Crippen MR) is 114 cm³/mol. The lowest BCUT2D eigenvalue weighted by Gasteiger charge is -2.45. The number of carbonyl (C=O) groups is 1. The summed E-state index contributed by atoms with van der Waals surface area (Å²) in [5.74, 6) is -1.76. The zero-order valence-electron chi connectivity index (χ0n) is 19.3. The highest BCUT2D eigenvalue weighted by atomic mass is 16.8. The second kappa shape index (κ2) is 9.76. The highest BCUT2D eigenvalue weighted by Crippen LogP contribution is 2.62. The summed E-state index contributed by atoms with van der Waals surface area (Å²) in [6.45, 7) is -1.06. The molecule has 4 fully saturated rings. The van der Waals surface area contributed by atoms with Crippen molar-refractivity contribution < 1.29 is 63.9 Å². The maximum atomic E-state index is 12.8. The Labute approximate surface area is 205 Å². The molecular weight excluding hydrogens is 484 g/mol. The number of hydrogen-bond donors (Lipinski definition) is 6. The number of phenols is 1. The van der Waals surface area contributed by atoms with Gasteiger partial charge in [0.1, 0.15) is 48.0 Å². The van der Waals surface area contributed by atoms with Crippen LogP contribution in [0.3, 0.4) is 0 Å². The molecule has 3 heterocycles. The number of esters is 1. The van der Waals surface area contributed by atoms with Crippen molar-refractivity contribution in [3.05, 3.63) is 29.8 Å². The molecule has 1 aromatic rings. The van der Waals surface area contributed by atoms with E-state index in [1.807, 2.05) is 0 Å². The highest BCUT2D eigenvalue weighted by molar-refractivity contribution is 5.89. The van der Waals surface area contributed by atoms with Gasteiger partial charge in [-0.05, 0) is 24.3 Å². The quantitative estimate of drug-likeness (QED) is 0.170. The zero-order chi connectivity index (χ0) is 25.8. The Balaban J connectivity index is 1.38. The second-order valence-electron chi connectivity index (χ2n) is 9.50. The highest BCUT2D eigenvalue weighted by Gasteiger charge is 2.78. The number of epoxide rings is 1. The molecule has 12 atom stereocenters. The molecule has 1 aromatic carbocycles. The topological polar surface area (TPSA) is 197 Å². The third kappa shape index (κ3) is 4.19. The predicted octanol–water partition coefficient (Wildman–Crippen LogP) is -2.17. The molecule has 3 aliphatic heterocycles. The zero-order valence-corrected chi connectivity index (χ0v) is 19.3. The molecule has 4 aliphatic rings. The van der Waals surface area contributed by atoms with Crippen LogP contribution < -0.4 is 0 Å². The summed E-state index contributed by atoms with van der Waals surface area (Å²) in [6, 6.07) is 5.56. The van der Waals surface area contributed by atoms with Gasteiger partial charge in [-0.25, -0.2) is 4.79 Å². The monoisotopic (exact) mass is 514 g/mol. The maximum Gasteiger partial charge on any atom is 0.338 e. The molecule has 1 saturated carbocycles. The largest absolute Gasteiger partial charge is 0.508 e. The van der Waals surface area contributed by atoms with Gasteiger partial charge in [0.05, 0.1) is 24.7 Å². The minimum Gasteiger partial charge on any atom is -0.508 e. The van der Waals surface area contributed by atoms with Crippen molar-refractivity contribution in [2.75, 3.05) is 20.3 Å². The smallest absolute Gasteiger partial charge is 0.338 e. The number of phenolic OH excluding ortho intramolecular Hbond substituents is 1. The fraction of sp³-hybridized carbons (Fsp3) is 0.696. The average molecular weight is 514 g/mol. The van der Waals surface area contributed by atoms with Crippen LogP contribution in [0, 0.1) is 11.8 Å². The van der Waals surface area contributed by atoms with E-state index in [2.05, 4.69) is 0 Å². The number of hydrogen-bond acceptors (Lipinski definition) is 13. The summed E-state index contributed by atoms with van der Waals surface area (Å²) in [5.41, 5.74) is -0.932. The first-order chi connectivity index (χ1) is 17.2. The van der Waals surface area contributed by atoms with Crippen molar-refractivity contribution >= 4 is 5.97 Å². The van der Waals surface area contributed by atoms with E-state index in [1.54, 1.807) is 0 Å². The van der Waals surface area contributed by atoms with Crippen molar-refractivity contribution in [3.63, 3.8) is 0 Å². The first-order valence-corrected chi connectivity index (χ1v) is 11.7. The third-order valence-corrected chi connectivity index (χ3v) is 7.53. The number of aromatic hydroxyl groups is 1. The molecule has 3 saturated heterocycles. The molecule has 0 radical (unpaired) electrons. The molecule has 36 heavy (non-hydrogen) atoms. The van der Waals surface area contributed by atoms with E-state index in [1.165, 1.54) is 31.4 Å². The molecule has 200 valence electrons. The van der Waals surface area contributed by atoms with Crippen molar-refractivity contribution in [1.29, 1.82) is 0 Å². The van der Waals surface area contributed by atoms with E-state index in [-0.39, 0.29) is 17.7 Å². The van der Waals surface area contributed by atoms with E-state index in [9.17, 15) is 35.4 Å². The van der Waals surface area contributed by atoms with Crippen molar-refractivity contribution in [2.24, 2.45) is 11.8 Å². The Kier molecular flexibility index (Phi) is 6.97. The number of aliphatic hydroxyl groups excluding tert-OH is 5. The van der Waals surface area contributed by atoms with E-state index in [4.69, 9.17) is 28.4 Å². The Morgan fingerprint density at radius 2 is 1.78 bits per heavy atom. The van der Waals surface area contributed by atoms with Crippen LogP contribution in [0.25, 0.3) is 0 Å². The van der Waals surface area contributed by atoms with Gasteiger partial charge < -0.3 is 59.1 Å². The average Bonchev–Trinajstić information content (AvgIpc) is 3.56. The molecule has 13 heteroatoms. The van der Waals surface area contributed by atoms with Crippen LogP contribution >= 0.6 is 0 Å². The van der Waals surface area contributed by atoms with E-state index in [0.717, 1.165) is 0 Å². The molecular formula is C23H30O13. The Bertz CT molecular complexity index is 940. The van der Waals surface area contributed by atoms with Gasteiger partial charge in [0, 0.05) is 19.4 Å². The van der Waals surface area contributed by atoms with Gasteiger partial charge in [-0.3, -0.25) is 0 Å². The molecule has 0 amide bonds. The van der Waals surface area contributed by atoms with Gasteiger partial charge in [-0.1, -0.05) is 0 Å². The van der Waals surface area contributed by atoms with Gasteiger partial charge in [0.25, 0.3) is 0 Å². The number of fused-ring (bicyclic) bond motifs is 3. The molecule has 5 rings (SSSR count). The fourth-order valence-electron chi connectivity index (χ4n) is 5.58. The van der Waals surface area contributed by atoms with E-state index < -0.39 is 92.1 Å². The molecule has 0 aromatic heterocycles. The summed E-state index contributed by atoms with van der Waals surface area (Å²) >= 11 is 0. The summed E-state index contributed by atoms with van der Waals surface area (Å²) in [4.78, 5) is 12.8. The Morgan fingerprint density at radius 1 is 1.06 bits per heavy atom. The van der Waals surface area contributed by atoms with Crippen LogP contribution in [0.4, 0.5) is 0 Å². The van der Waals surface area contributed by atoms with Gasteiger partial charge in [0.15, 0.2) is 18.9 Å². The lowest BCUT2D eigenvalue weighted by atomic mass is 9.82. The number of ether oxygens (including phenoxy) is 6. The number of rotatable bonds is 7. The molecule has 13 nitrogen and oxygen atoms in total. The molecule has 6 N–H and O–H groups in total. The summed E-state index contributed by atoms with van der Waals surface area (Å²) in [6.07, 6.45) is -10.7. The molecule has 0 unspecified atom stereocenters. The molecule has 0 spiro atoms. The maximum absolute atomic E-state index is 12.8. The number of carbonyl (C=O) groups excluding carboxylic acids is 1. The van der Waals surface area contributed by atoms with Crippen LogP contribution in [0.2, 0.25) is 0 Å². The van der Waals surface area contributed by atoms with E-state index >= 15 is 0 Å². The van der Waals surface area contributed by atoms with Crippen molar-refractivity contribution in [1.82, 2.24) is 0 Å². The van der Waals surface area contributed by atoms with Crippen LogP contribution in [0.1, 0.15) is 16.8 Å². The van der Waals surface area contributed by atoms with Crippen molar-refractivity contribution in [3.8, 4) is 5.75 Å². The normalized spacial score (nSPS) is 45.6. The Hall–Kier alpha value is -1.91. The van der Waals surface area contributed by atoms with Gasteiger partial charge in [0.2, 0.25) is 0 Å². The molecule has 0 bridgehead atoms. The standard InChI is InChI=1S/C23H30O13/c1-31-13-6-11-14(21(33-13)35-22-17(29)16(28)15(27)12(7-24)32-22)23(8-25)19(36-23)18(11)34-20(30)9-2-4-10(26)5-3-9/h2-5,11-19,21-22,24-29H,6-8H2,1H3/t11-,12-,13+,14-,15-,16+,17-,18+,19+,21+,22+,23-/m1/s1. The third-order valence-electron chi connectivity index (χ3n) is 7.53. The van der Waals surface area contributed by atoms with Crippen molar-refractivity contribution in [2.45, 2.75) is 67.5 Å². The minimum atomic E-state index is -1.67. The first-order valence-electron chi connectivity index (χ1n) is 11.7. The number of aliphatic hydroxyl groups is 5. The Morgan fingerprint density at radius 3 is 2.42 bits per heavy atom. The summed E-state index contributed by atoms with van der Waals surface area (Å²) in [7, 11) is 1.42. The second-order valence-corrected chi connectivity index (χ2v) is 9.50. The van der Waals surface area contributed by atoms with Crippen LogP contribution in [0.5, 0.6) is 5.75 Å².